The molecule has 1 aliphatic rings. The number of fused-ring (bicyclic) bond motifs is 1. The summed E-state index contributed by atoms with van der Waals surface area (Å²) < 4.78 is 17.1. The molecular weight excluding hydrogens is 352 g/mol. The summed E-state index contributed by atoms with van der Waals surface area (Å²) in [6, 6.07) is 10.6. The van der Waals surface area contributed by atoms with E-state index >= 15 is 0 Å². The zero-order valence-corrected chi connectivity index (χ0v) is 15.6. The molecule has 0 spiro atoms. The van der Waals surface area contributed by atoms with Crippen LogP contribution in [0.3, 0.4) is 0 Å². The lowest BCUT2D eigenvalue weighted by molar-refractivity contribution is 0.101. The third-order valence-corrected chi connectivity index (χ3v) is 4.19. The number of rotatable bonds is 7. The van der Waals surface area contributed by atoms with Gasteiger partial charge in [0.2, 0.25) is 5.78 Å². The van der Waals surface area contributed by atoms with Crippen LogP contribution in [0.1, 0.15) is 42.6 Å². The monoisotopic (exact) mass is 372 g/mol. The Morgan fingerprint density at radius 1 is 1.08 bits per heavy atom. The predicted molar refractivity (Wildman–Crippen MR) is 102 cm³/mol. The Kier molecular flexibility index (Phi) is 5.84. The van der Waals surface area contributed by atoms with Crippen molar-refractivity contribution in [1.29, 1.82) is 0 Å². The molecule has 0 fully saturated rings. The van der Waals surface area contributed by atoms with E-state index in [9.17, 15) is 4.79 Å². The summed E-state index contributed by atoms with van der Waals surface area (Å²) in [7, 11) is 0. The largest absolute Gasteiger partial charge is 0.490 e. The van der Waals surface area contributed by atoms with Crippen LogP contribution in [0, 0.1) is 0 Å². The first-order valence-corrected chi connectivity index (χ1v) is 9.13. The topological polar surface area (TPSA) is 44.8 Å². The highest BCUT2D eigenvalue weighted by Crippen LogP contribution is 2.35. The number of carbonyl (C=O) groups excluding carboxylic acids is 1. The summed E-state index contributed by atoms with van der Waals surface area (Å²) in [5.41, 5.74) is 1.28. The van der Waals surface area contributed by atoms with E-state index in [1.807, 2.05) is 25.1 Å². The molecule has 136 valence electrons. The van der Waals surface area contributed by atoms with Crippen LogP contribution < -0.4 is 14.2 Å². The molecule has 0 bridgehead atoms. The molecule has 0 aromatic heterocycles. The van der Waals surface area contributed by atoms with Gasteiger partial charge >= 0.3 is 0 Å². The minimum atomic E-state index is -0.177. The molecule has 0 atom stereocenters. The summed E-state index contributed by atoms with van der Waals surface area (Å²) in [5.74, 6) is 1.98. The van der Waals surface area contributed by atoms with Crippen LogP contribution in [0.5, 0.6) is 17.2 Å². The van der Waals surface area contributed by atoms with Crippen LogP contribution in [0.15, 0.2) is 42.2 Å². The molecule has 0 radical (unpaired) electrons. The predicted octanol–water partition coefficient (Wildman–Crippen LogP) is 5.53. The fourth-order valence-corrected chi connectivity index (χ4v) is 2.81. The van der Waals surface area contributed by atoms with Crippen molar-refractivity contribution in [2.45, 2.75) is 26.7 Å². The van der Waals surface area contributed by atoms with Crippen LogP contribution in [0.2, 0.25) is 5.02 Å². The van der Waals surface area contributed by atoms with Gasteiger partial charge in [-0.15, -0.1) is 0 Å². The number of ketones is 1. The van der Waals surface area contributed by atoms with Crippen molar-refractivity contribution in [3.8, 4) is 17.2 Å². The molecule has 0 saturated heterocycles. The molecule has 5 heteroatoms. The summed E-state index contributed by atoms with van der Waals surface area (Å²) in [6.45, 7) is 5.22. The highest BCUT2D eigenvalue weighted by molar-refractivity contribution is 6.31. The first kappa shape index (κ1) is 18.3. The maximum Gasteiger partial charge on any atom is 0.232 e. The molecular formula is C21H21ClO4. The molecule has 0 N–H and O–H groups in total. The number of ether oxygens (including phenoxy) is 3. The summed E-state index contributed by atoms with van der Waals surface area (Å²) >= 11 is 5.96. The van der Waals surface area contributed by atoms with Gasteiger partial charge in [-0.05, 0) is 55.3 Å². The standard InChI is InChI=1S/C21H21ClO4/c1-3-5-10-25-18-8-6-14(11-19(18)24-4-2)12-20-21(23)16-13-15(22)7-9-17(16)26-20/h6-9,11-13H,3-5,10H2,1-2H3/b20-12-. The van der Waals surface area contributed by atoms with Crippen LogP contribution in [0.4, 0.5) is 0 Å². The van der Waals surface area contributed by atoms with Gasteiger partial charge in [0.1, 0.15) is 5.75 Å². The van der Waals surface area contributed by atoms with Crippen LogP contribution in [0.25, 0.3) is 6.08 Å². The second kappa shape index (κ2) is 8.28. The molecule has 2 aromatic rings. The van der Waals surface area contributed by atoms with Crippen LogP contribution in [-0.4, -0.2) is 19.0 Å². The molecule has 1 aliphatic heterocycles. The van der Waals surface area contributed by atoms with Gasteiger partial charge in [-0.1, -0.05) is 31.0 Å². The van der Waals surface area contributed by atoms with Gasteiger partial charge in [0.25, 0.3) is 0 Å². The number of carbonyl (C=O) groups is 1. The molecule has 0 aliphatic carbocycles. The molecule has 0 amide bonds. The van der Waals surface area contributed by atoms with Crippen molar-refractivity contribution in [3.05, 3.63) is 58.3 Å². The first-order chi connectivity index (χ1) is 12.6. The molecule has 3 rings (SSSR count). The van der Waals surface area contributed by atoms with Gasteiger partial charge in [0.05, 0.1) is 18.8 Å². The van der Waals surface area contributed by atoms with Crippen molar-refractivity contribution in [1.82, 2.24) is 0 Å². The highest BCUT2D eigenvalue weighted by atomic mass is 35.5. The third kappa shape index (κ3) is 4.02. The van der Waals surface area contributed by atoms with E-state index in [1.165, 1.54) is 0 Å². The van der Waals surface area contributed by atoms with Gasteiger partial charge in [-0.25, -0.2) is 0 Å². The molecule has 1 heterocycles. The SMILES string of the molecule is CCCCOc1ccc(/C=C2\Oc3ccc(Cl)cc3C2=O)cc1OCC. The lowest BCUT2D eigenvalue weighted by atomic mass is 10.1. The van der Waals surface area contributed by atoms with Gasteiger partial charge in [-0.2, -0.15) is 0 Å². The summed E-state index contributed by atoms with van der Waals surface area (Å²) in [4.78, 5) is 12.5. The van der Waals surface area contributed by atoms with Crippen LogP contribution in [-0.2, 0) is 0 Å². The molecule has 0 saturated carbocycles. The van der Waals surface area contributed by atoms with Gasteiger partial charge in [-0.3, -0.25) is 4.79 Å². The number of hydrogen-bond donors (Lipinski definition) is 0. The number of unbranched alkanes of at least 4 members (excludes halogenated alkanes) is 1. The number of Topliss-reactive ketones (excluding diaryl/α,β-unsaturated/α-hetero) is 1. The third-order valence-electron chi connectivity index (χ3n) is 3.95. The maximum absolute atomic E-state index is 12.5. The quantitative estimate of drug-likeness (QED) is 0.473. The van der Waals surface area contributed by atoms with E-state index in [1.54, 1.807) is 24.3 Å². The summed E-state index contributed by atoms with van der Waals surface area (Å²) in [5, 5.41) is 0.508. The second-order valence-electron chi connectivity index (χ2n) is 5.92. The van der Waals surface area contributed by atoms with Crippen LogP contribution >= 0.6 is 11.6 Å². The minimum Gasteiger partial charge on any atom is -0.490 e. The molecule has 0 unspecified atom stereocenters. The minimum absolute atomic E-state index is 0.177. The average Bonchev–Trinajstić information content (AvgIpc) is 2.93. The van der Waals surface area contributed by atoms with Crippen molar-refractivity contribution in [2.75, 3.05) is 13.2 Å². The number of benzene rings is 2. The van der Waals surface area contributed by atoms with E-state index in [0.717, 1.165) is 18.4 Å². The van der Waals surface area contributed by atoms with E-state index in [2.05, 4.69) is 6.92 Å². The highest BCUT2D eigenvalue weighted by Gasteiger charge is 2.27. The van der Waals surface area contributed by atoms with Gasteiger partial charge in [0, 0.05) is 5.02 Å². The lowest BCUT2D eigenvalue weighted by Gasteiger charge is -2.12. The molecule has 4 nitrogen and oxygen atoms in total. The second-order valence-corrected chi connectivity index (χ2v) is 6.36. The fourth-order valence-electron chi connectivity index (χ4n) is 2.64. The molecule has 2 aromatic carbocycles. The Bertz CT molecular complexity index is 842. The number of halogens is 1. The Morgan fingerprint density at radius 2 is 1.92 bits per heavy atom. The van der Waals surface area contributed by atoms with E-state index in [0.29, 0.717) is 41.0 Å². The Labute approximate surface area is 158 Å². The Hall–Kier alpha value is -2.46. The van der Waals surface area contributed by atoms with Gasteiger partial charge < -0.3 is 14.2 Å². The van der Waals surface area contributed by atoms with Crippen molar-refractivity contribution < 1.29 is 19.0 Å². The first-order valence-electron chi connectivity index (χ1n) is 8.75. The summed E-state index contributed by atoms with van der Waals surface area (Å²) in [6.07, 6.45) is 3.76. The Morgan fingerprint density at radius 3 is 2.69 bits per heavy atom. The lowest BCUT2D eigenvalue weighted by Crippen LogP contribution is -2.01. The van der Waals surface area contributed by atoms with Crippen molar-refractivity contribution >= 4 is 23.5 Å². The van der Waals surface area contributed by atoms with Crippen molar-refractivity contribution in [2.24, 2.45) is 0 Å². The van der Waals surface area contributed by atoms with Gasteiger partial charge in [0.15, 0.2) is 17.3 Å². The average molecular weight is 373 g/mol. The molecule has 26 heavy (non-hydrogen) atoms. The zero-order valence-electron chi connectivity index (χ0n) is 14.9. The van der Waals surface area contributed by atoms with E-state index in [-0.39, 0.29) is 11.5 Å². The Balaban J connectivity index is 1.84. The fraction of sp³-hybridized carbons (Fsp3) is 0.286. The maximum atomic E-state index is 12.5. The van der Waals surface area contributed by atoms with E-state index < -0.39 is 0 Å². The van der Waals surface area contributed by atoms with E-state index in [4.69, 9.17) is 25.8 Å². The number of hydrogen-bond acceptors (Lipinski definition) is 4. The normalized spacial score (nSPS) is 14.3. The number of allylic oxidation sites excluding steroid dienone is 1. The van der Waals surface area contributed by atoms with Crippen molar-refractivity contribution in [3.63, 3.8) is 0 Å². The zero-order chi connectivity index (χ0) is 18.5. The smallest absolute Gasteiger partial charge is 0.232 e.